The Morgan fingerprint density at radius 2 is 2.00 bits per heavy atom. The minimum atomic E-state index is -0.198. The molecular weight excluding hydrogens is 293 g/mol. The van der Waals surface area contributed by atoms with Crippen LogP contribution in [0.15, 0.2) is 22.7 Å². The Morgan fingerprint density at radius 3 is 2.67 bits per heavy atom. The molecule has 0 amide bonds. The number of rotatable bonds is 2. The van der Waals surface area contributed by atoms with Gasteiger partial charge in [-0.2, -0.15) is 0 Å². The van der Waals surface area contributed by atoms with Crippen molar-refractivity contribution in [1.82, 2.24) is 0 Å². The lowest BCUT2D eigenvalue weighted by Crippen LogP contribution is -2.30. The highest BCUT2D eigenvalue weighted by atomic mass is 79.9. The predicted molar refractivity (Wildman–Crippen MR) is 76.7 cm³/mol. The minimum absolute atomic E-state index is 0.183. The summed E-state index contributed by atoms with van der Waals surface area (Å²) in [6.07, 6.45) is 3.42. The van der Waals surface area contributed by atoms with E-state index in [0.29, 0.717) is 21.9 Å². The van der Waals surface area contributed by atoms with E-state index in [1.807, 2.05) is 12.1 Å². The average Bonchev–Trinajstić information content (AvgIpc) is 2.35. The van der Waals surface area contributed by atoms with Crippen LogP contribution >= 0.6 is 15.9 Å². The lowest BCUT2D eigenvalue weighted by Gasteiger charge is -2.35. The molecule has 1 aromatic carbocycles. The van der Waals surface area contributed by atoms with E-state index in [1.165, 1.54) is 6.42 Å². The van der Waals surface area contributed by atoms with Gasteiger partial charge in [0, 0.05) is 11.6 Å². The van der Waals surface area contributed by atoms with Gasteiger partial charge in [-0.15, -0.1) is 0 Å². The normalized spacial score (nSPS) is 30.2. The average molecular weight is 314 g/mol. The zero-order chi connectivity index (χ0) is 13.3. The van der Waals surface area contributed by atoms with Gasteiger partial charge in [-0.3, -0.25) is 0 Å². The van der Waals surface area contributed by atoms with Crippen LogP contribution < -0.4 is 5.73 Å². The van der Waals surface area contributed by atoms with E-state index in [9.17, 15) is 4.39 Å². The van der Waals surface area contributed by atoms with Crippen molar-refractivity contribution in [2.24, 2.45) is 23.5 Å². The molecule has 1 aliphatic carbocycles. The predicted octanol–water partition coefficient (Wildman–Crippen LogP) is 4.66. The molecule has 0 aromatic heterocycles. The smallest absolute Gasteiger partial charge is 0.142 e. The van der Waals surface area contributed by atoms with E-state index in [-0.39, 0.29) is 11.9 Å². The third-order valence-corrected chi connectivity index (χ3v) is 5.10. The van der Waals surface area contributed by atoms with E-state index in [4.69, 9.17) is 5.73 Å². The maximum Gasteiger partial charge on any atom is 0.142 e. The van der Waals surface area contributed by atoms with Gasteiger partial charge in [-0.1, -0.05) is 32.4 Å². The van der Waals surface area contributed by atoms with Crippen molar-refractivity contribution in [2.75, 3.05) is 0 Å². The Morgan fingerprint density at radius 1 is 1.28 bits per heavy atom. The van der Waals surface area contributed by atoms with E-state index < -0.39 is 0 Å². The molecule has 0 aliphatic heterocycles. The number of benzene rings is 1. The van der Waals surface area contributed by atoms with Gasteiger partial charge in [0.05, 0.1) is 4.47 Å². The molecule has 0 heterocycles. The first-order chi connectivity index (χ1) is 8.50. The van der Waals surface area contributed by atoms with E-state index in [2.05, 4.69) is 29.8 Å². The van der Waals surface area contributed by atoms with E-state index >= 15 is 0 Å². The van der Waals surface area contributed by atoms with Crippen LogP contribution in [0.5, 0.6) is 0 Å². The molecule has 1 nitrogen and oxygen atoms in total. The number of halogens is 2. The van der Waals surface area contributed by atoms with Crippen LogP contribution in [0.1, 0.15) is 44.7 Å². The fraction of sp³-hybridized carbons (Fsp3) is 0.600. The van der Waals surface area contributed by atoms with Crippen LogP contribution in [0.4, 0.5) is 4.39 Å². The second-order valence-corrected chi connectivity index (χ2v) is 6.55. The molecule has 0 radical (unpaired) electrons. The summed E-state index contributed by atoms with van der Waals surface area (Å²) in [6, 6.07) is 5.21. The van der Waals surface area contributed by atoms with Crippen molar-refractivity contribution in [3.8, 4) is 0 Å². The van der Waals surface area contributed by atoms with E-state index in [0.717, 1.165) is 18.8 Å². The Hall–Kier alpha value is -0.410. The summed E-state index contributed by atoms with van der Waals surface area (Å²) in [7, 11) is 0. The quantitative estimate of drug-likeness (QED) is 0.844. The highest BCUT2D eigenvalue weighted by Crippen LogP contribution is 2.39. The van der Waals surface area contributed by atoms with Gasteiger partial charge in [0.1, 0.15) is 5.82 Å². The van der Waals surface area contributed by atoms with Crippen molar-refractivity contribution in [2.45, 2.75) is 39.2 Å². The molecule has 0 bridgehead atoms. The molecule has 1 aliphatic rings. The van der Waals surface area contributed by atoms with Crippen molar-refractivity contribution >= 4 is 15.9 Å². The summed E-state index contributed by atoms with van der Waals surface area (Å²) in [6.45, 7) is 4.58. The Labute approximate surface area is 117 Å². The summed E-state index contributed by atoms with van der Waals surface area (Å²) in [5.74, 6) is 1.65. The lowest BCUT2D eigenvalue weighted by atomic mass is 9.72. The Kier molecular flexibility index (Phi) is 4.44. The molecular formula is C15H21BrFN. The van der Waals surface area contributed by atoms with Gasteiger partial charge in [-0.25, -0.2) is 4.39 Å². The number of nitrogens with two attached hydrogens (primary N) is 1. The summed E-state index contributed by atoms with van der Waals surface area (Å²) < 4.78 is 14.6. The second kappa shape index (κ2) is 5.70. The van der Waals surface area contributed by atoms with Crippen LogP contribution in [-0.4, -0.2) is 0 Å². The molecule has 4 unspecified atom stereocenters. The number of hydrogen-bond acceptors (Lipinski definition) is 1. The lowest BCUT2D eigenvalue weighted by molar-refractivity contribution is 0.184. The molecule has 0 spiro atoms. The second-order valence-electron chi connectivity index (χ2n) is 5.70. The van der Waals surface area contributed by atoms with Crippen LogP contribution in [-0.2, 0) is 0 Å². The van der Waals surface area contributed by atoms with Crippen molar-refractivity contribution in [1.29, 1.82) is 0 Å². The molecule has 0 saturated heterocycles. The molecule has 1 aromatic rings. The highest BCUT2D eigenvalue weighted by molar-refractivity contribution is 9.10. The summed E-state index contributed by atoms with van der Waals surface area (Å²) in [5, 5.41) is 0. The van der Waals surface area contributed by atoms with Gasteiger partial charge in [0.25, 0.3) is 0 Å². The van der Waals surface area contributed by atoms with Gasteiger partial charge < -0.3 is 5.73 Å². The molecule has 18 heavy (non-hydrogen) atoms. The summed E-state index contributed by atoms with van der Waals surface area (Å²) >= 11 is 3.23. The maximum absolute atomic E-state index is 14.1. The molecule has 100 valence electrons. The van der Waals surface area contributed by atoms with E-state index in [1.54, 1.807) is 6.07 Å². The SMILES string of the molecule is CC1CCC(C(N)c2cccc(Br)c2F)CC1C. The van der Waals surface area contributed by atoms with Crippen molar-refractivity contribution in [3.63, 3.8) is 0 Å². The number of hydrogen-bond donors (Lipinski definition) is 1. The molecule has 1 fully saturated rings. The Balaban J connectivity index is 2.16. The highest BCUT2D eigenvalue weighted by Gasteiger charge is 2.30. The largest absolute Gasteiger partial charge is 0.324 e. The molecule has 4 atom stereocenters. The summed E-state index contributed by atoms with van der Waals surface area (Å²) in [4.78, 5) is 0. The molecule has 2 N–H and O–H groups in total. The summed E-state index contributed by atoms with van der Waals surface area (Å²) in [5.41, 5.74) is 6.94. The first-order valence-corrected chi connectivity index (χ1v) is 7.49. The van der Waals surface area contributed by atoms with Gasteiger partial charge in [0.2, 0.25) is 0 Å². The standard InChI is InChI=1S/C15H21BrFN/c1-9-6-7-11(8-10(9)2)15(18)12-4-3-5-13(16)14(12)17/h3-5,9-11,15H,6-8,18H2,1-2H3. The Bertz CT molecular complexity index is 421. The van der Waals surface area contributed by atoms with Crippen LogP contribution in [0, 0.1) is 23.6 Å². The van der Waals surface area contributed by atoms with Crippen LogP contribution in [0.2, 0.25) is 0 Å². The monoisotopic (exact) mass is 313 g/mol. The maximum atomic E-state index is 14.1. The zero-order valence-corrected chi connectivity index (χ0v) is 12.6. The first kappa shape index (κ1) is 14.0. The van der Waals surface area contributed by atoms with Crippen LogP contribution in [0.25, 0.3) is 0 Å². The molecule has 1 saturated carbocycles. The molecule has 2 rings (SSSR count). The third kappa shape index (κ3) is 2.77. The third-order valence-electron chi connectivity index (χ3n) is 4.49. The fourth-order valence-electron chi connectivity index (χ4n) is 2.95. The van der Waals surface area contributed by atoms with Gasteiger partial charge >= 0.3 is 0 Å². The first-order valence-electron chi connectivity index (χ1n) is 6.70. The zero-order valence-electron chi connectivity index (χ0n) is 11.0. The minimum Gasteiger partial charge on any atom is -0.324 e. The van der Waals surface area contributed by atoms with Gasteiger partial charge in [-0.05, 0) is 52.6 Å². The van der Waals surface area contributed by atoms with Crippen LogP contribution in [0.3, 0.4) is 0 Å². The van der Waals surface area contributed by atoms with Gasteiger partial charge in [0.15, 0.2) is 0 Å². The topological polar surface area (TPSA) is 26.0 Å². The molecule has 3 heteroatoms. The fourth-order valence-corrected chi connectivity index (χ4v) is 3.33. The van der Waals surface area contributed by atoms with Crippen molar-refractivity contribution in [3.05, 3.63) is 34.1 Å². The van der Waals surface area contributed by atoms with Crippen molar-refractivity contribution < 1.29 is 4.39 Å².